The highest BCUT2D eigenvalue weighted by molar-refractivity contribution is 7.15. The molecule has 0 unspecified atom stereocenters. The summed E-state index contributed by atoms with van der Waals surface area (Å²) < 4.78 is 0. The third-order valence-corrected chi connectivity index (χ3v) is 4.58. The van der Waals surface area contributed by atoms with Gasteiger partial charge < -0.3 is 15.1 Å². The minimum Gasteiger partial charge on any atom is -0.351 e. The summed E-state index contributed by atoms with van der Waals surface area (Å²) in [6.07, 6.45) is 2.19. The fourth-order valence-electron chi connectivity index (χ4n) is 2.14. The molecule has 1 aromatic rings. The van der Waals surface area contributed by atoms with Crippen molar-refractivity contribution in [1.82, 2.24) is 15.2 Å². The Bertz CT molecular complexity index is 401. The third-order valence-electron chi connectivity index (χ3n) is 3.37. The molecule has 0 radical (unpaired) electrons. The van der Waals surface area contributed by atoms with Crippen LogP contribution in [-0.2, 0) is 13.0 Å². The molecular weight excluding hydrogens is 280 g/mol. The minimum atomic E-state index is 0.691. The van der Waals surface area contributed by atoms with Crippen LogP contribution in [0, 0.1) is 5.92 Å². The molecule has 21 heavy (non-hydrogen) atoms. The van der Waals surface area contributed by atoms with E-state index in [-0.39, 0.29) is 0 Å². The molecule has 1 aromatic heterocycles. The quantitative estimate of drug-likeness (QED) is 0.720. The van der Waals surface area contributed by atoms with Crippen molar-refractivity contribution in [3.63, 3.8) is 0 Å². The predicted molar refractivity (Wildman–Crippen MR) is 94.5 cm³/mol. The van der Waals surface area contributed by atoms with Crippen molar-refractivity contribution < 1.29 is 0 Å². The lowest BCUT2D eigenvalue weighted by molar-refractivity contribution is 0.401. The van der Waals surface area contributed by atoms with Crippen LogP contribution < -0.4 is 10.2 Å². The lowest BCUT2D eigenvalue weighted by Gasteiger charge is -2.17. The average molecular weight is 313 g/mol. The Morgan fingerprint density at radius 2 is 1.90 bits per heavy atom. The lowest BCUT2D eigenvalue weighted by atomic mass is 10.2. The van der Waals surface area contributed by atoms with E-state index in [4.69, 9.17) is 4.98 Å². The fraction of sp³-hybridized carbons (Fsp3) is 0.812. The number of nitrogens with one attached hydrogen (secondary N) is 1. The van der Waals surface area contributed by atoms with Gasteiger partial charge in [-0.1, -0.05) is 20.8 Å². The average Bonchev–Trinajstić information content (AvgIpc) is 2.81. The van der Waals surface area contributed by atoms with Gasteiger partial charge in [0.2, 0.25) is 0 Å². The summed E-state index contributed by atoms with van der Waals surface area (Å²) in [7, 11) is 6.40. The summed E-state index contributed by atoms with van der Waals surface area (Å²) in [6, 6.07) is 0. The van der Waals surface area contributed by atoms with Crippen LogP contribution in [0.1, 0.15) is 37.8 Å². The Morgan fingerprint density at radius 1 is 1.19 bits per heavy atom. The zero-order valence-corrected chi connectivity index (χ0v) is 15.4. The number of hydrogen-bond donors (Lipinski definition) is 1. The first-order chi connectivity index (χ1) is 9.93. The first kappa shape index (κ1) is 18.4. The van der Waals surface area contributed by atoms with E-state index >= 15 is 0 Å². The standard InChI is InChI=1S/C16H32N4S/c1-7-14-15(12-17-11-13(2)3)21-16(18-14)20(6)10-8-9-19(4)5/h13,17H,7-12H2,1-6H3. The van der Waals surface area contributed by atoms with E-state index in [9.17, 15) is 0 Å². The first-order valence-corrected chi connectivity index (χ1v) is 8.80. The fourth-order valence-corrected chi connectivity index (χ4v) is 3.25. The maximum Gasteiger partial charge on any atom is 0.185 e. The molecule has 0 aliphatic carbocycles. The number of hydrogen-bond acceptors (Lipinski definition) is 5. The van der Waals surface area contributed by atoms with Gasteiger partial charge in [0.15, 0.2) is 5.13 Å². The number of thiazole rings is 1. The van der Waals surface area contributed by atoms with Crippen LogP contribution in [0.3, 0.4) is 0 Å². The summed E-state index contributed by atoms with van der Waals surface area (Å²) in [4.78, 5) is 10.7. The van der Waals surface area contributed by atoms with Crippen molar-refractivity contribution in [1.29, 1.82) is 0 Å². The van der Waals surface area contributed by atoms with E-state index in [2.05, 4.69) is 57.0 Å². The van der Waals surface area contributed by atoms with Crippen LogP contribution in [-0.4, -0.2) is 50.7 Å². The second-order valence-corrected chi connectivity index (χ2v) is 7.39. The smallest absolute Gasteiger partial charge is 0.185 e. The van der Waals surface area contributed by atoms with Crippen LogP contribution in [0.25, 0.3) is 0 Å². The highest BCUT2D eigenvalue weighted by Crippen LogP contribution is 2.26. The lowest BCUT2D eigenvalue weighted by Crippen LogP contribution is -2.23. The molecule has 4 nitrogen and oxygen atoms in total. The highest BCUT2D eigenvalue weighted by atomic mass is 32.1. The number of rotatable bonds is 10. The van der Waals surface area contributed by atoms with Crippen molar-refractivity contribution in [2.75, 3.05) is 45.7 Å². The SMILES string of the molecule is CCc1nc(N(C)CCCN(C)C)sc1CNCC(C)C. The van der Waals surface area contributed by atoms with Crippen molar-refractivity contribution in [2.45, 2.75) is 40.2 Å². The molecule has 0 saturated carbocycles. The summed E-state index contributed by atoms with van der Waals surface area (Å²) in [5.74, 6) is 0.691. The van der Waals surface area contributed by atoms with Gasteiger partial charge in [-0.3, -0.25) is 0 Å². The maximum atomic E-state index is 4.81. The van der Waals surface area contributed by atoms with E-state index < -0.39 is 0 Å². The number of aromatic nitrogens is 1. The summed E-state index contributed by atoms with van der Waals surface area (Å²) in [5.41, 5.74) is 1.26. The molecule has 1 N–H and O–H groups in total. The van der Waals surface area contributed by atoms with E-state index in [0.717, 1.165) is 37.7 Å². The molecule has 0 aliphatic rings. The van der Waals surface area contributed by atoms with Crippen LogP contribution in [0.5, 0.6) is 0 Å². The predicted octanol–water partition coefficient (Wildman–Crippen LogP) is 2.84. The van der Waals surface area contributed by atoms with Crippen LogP contribution in [0.4, 0.5) is 5.13 Å². The van der Waals surface area contributed by atoms with Crippen molar-refractivity contribution in [2.24, 2.45) is 5.92 Å². The Morgan fingerprint density at radius 3 is 2.48 bits per heavy atom. The Hall–Kier alpha value is -0.650. The molecule has 0 aromatic carbocycles. The molecule has 0 amide bonds. The second-order valence-electron chi connectivity index (χ2n) is 6.32. The normalized spacial score (nSPS) is 11.6. The first-order valence-electron chi connectivity index (χ1n) is 7.99. The van der Waals surface area contributed by atoms with Crippen molar-refractivity contribution in [3.8, 4) is 0 Å². The number of nitrogens with zero attached hydrogens (tertiary/aromatic N) is 3. The van der Waals surface area contributed by atoms with Crippen LogP contribution >= 0.6 is 11.3 Å². The molecule has 1 rings (SSSR count). The summed E-state index contributed by atoms with van der Waals surface area (Å²) in [6.45, 7) is 10.9. The van der Waals surface area contributed by atoms with Gasteiger partial charge in [0.05, 0.1) is 5.69 Å². The largest absolute Gasteiger partial charge is 0.351 e. The maximum absolute atomic E-state index is 4.81. The van der Waals surface area contributed by atoms with Crippen molar-refractivity contribution in [3.05, 3.63) is 10.6 Å². The molecule has 0 saturated heterocycles. The Labute approximate surface area is 134 Å². The molecule has 1 heterocycles. The van der Waals surface area contributed by atoms with E-state index in [1.54, 1.807) is 0 Å². The molecule has 0 atom stereocenters. The molecule has 122 valence electrons. The topological polar surface area (TPSA) is 31.4 Å². The molecule has 0 bridgehead atoms. The van der Waals surface area contributed by atoms with Gasteiger partial charge in [-0.15, -0.1) is 11.3 Å². The second kappa shape index (κ2) is 9.38. The van der Waals surface area contributed by atoms with Gasteiger partial charge in [0, 0.05) is 25.0 Å². The van der Waals surface area contributed by atoms with Gasteiger partial charge >= 0.3 is 0 Å². The Balaban J connectivity index is 2.56. The van der Waals surface area contributed by atoms with E-state index in [0.29, 0.717) is 5.92 Å². The molecular formula is C16H32N4S. The number of anilines is 1. The van der Waals surface area contributed by atoms with Crippen LogP contribution in [0.2, 0.25) is 0 Å². The van der Waals surface area contributed by atoms with Crippen LogP contribution in [0.15, 0.2) is 0 Å². The molecule has 5 heteroatoms. The highest BCUT2D eigenvalue weighted by Gasteiger charge is 2.12. The van der Waals surface area contributed by atoms with Gasteiger partial charge in [-0.2, -0.15) is 0 Å². The van der Waals surface area contributed by atoms with Gasteiger partial charge in [-0.05, 0) is 45.9 Å². The summed E-state index contributed by atoms with van der Waals surface area (Å²) in [5, 5.41) is 4.69. The van der Waals surface area contributed by atoms with Gasteiger partial charge in [0.1, 0.15) is 0 Å². The Kier molecular flexibility index (Phi) is 8.22. The van der Waals surface area contributed by atoms with Gasteiger partial charge in [0.25, 0.3) is 0 Å². The van der Waals surface area contributed by atoms with Gasteiger partial charge in [-0.25, -0.2) is 4.98 Å². The molecule has 0 fully saturated rings. The monoisotopic (exact) mass is 312 g/mol. The van der Waals surface area contributed by atoms with E-state index in [1.165, 1.54) is 17.0 Å². The zero-order valence-electron chi connectivity index (χ0n) is 14.6. The number of aryl methyl sites for hydroxylation is 1. The zero-order chi connectivity index (χ0) is 15.8. The molecule has 0 aliphatic heterocycles. The third kappa shape index (κ3) is 6.76. The van der Waals surface area contributed by atoms with Crippen molar-refractivity contribution >= 4 is 16.5 Å². The molecule has 0 spiro atoms. The van der Waals surface area contributed by atoms with E-state index in [1.807, 2.05) is 11.3 Å². The summed E-state index contributed by atoms with van der Waals surface area (Å²) >= 11 is 1.84. The minimum absolute atomic E-state index is 0.691.